The van der Waals surface area contributed by atoms with E-state index in [0.29, 0.717) is 6.54 Å². The van der Waals surface area contributed by atoms with Crippen LogP contribution in [0.25, 0.3) is 21.5 Å². The Kier molecular flexibility index (Phi) is 15.5. The molecule has 0 amide bonds. The van der Waals surface area contributed by atoms with Gasteiger partial charge in [-0.1, -0.05) is 103 Å². The summed E-state index contributed by atoms with van der Waals surface area (Å²) in [5.41, 5.74) is -29.4. The predicted octanol–water partition coefficient (Wildman–Crippen LogP) is 15.4. The predicted molar refractivity (Wildman–Crippen MR) is 242 cm³/mol. The van der Waals surface area contributed by atoms with Gasteiger partial charge in [0.2, 0.25) is 12.3 Å². The third-order valence-electron chi connectivity index (χ3n) is 12.6. The van der Waals surface area contributed by atoms with E-state index in [-0.39, 0.29) is 5.78 Å². The first-order valence-corrected chi connectivity index (χ1v) is 22.3. The molecule has 0 unspecified atom stereocenters. The molecule has 0 aliphatic rings. The first-order chi connectivity index (χ1) is 36.6. The summed E-state index contributed by atoms with van der Waals surface area (Å²) in [5, 5.41) is 4.25. The molecule has 0 aliphatic heterocycles. The van der Waals surface area contributed by atoms with Crippen LogP contribution in [0.3, 0.4) is 0 Å². The van der Waals surface area contributed by atoms with Crippen LogP contribution in [0.4, 0.5) is 105 Å². The molecule has 0 fully saturated rings. The van der Waals surface area contributed by atoms with Crippen molar-refractivity contribution in [3.05, 3.63) is 208 Å². The Hall–Kier alpha value is -7.74. The van der Waals surface area contributed by atoms with Crippen molar-refractivity contribution < 1.29 is 115 Å². The van der Waals surface area contributed by atoms with Gasteiger partial charge in [0, 0.05) is 17.7 Å². The second-order valence-electron chi connectivity index (χ2n) is 17.9. The van der Waals surface area contributed by atoms with Gasteiger partial charge in [0.1, 0.15) is 6.15 Å². The summed E-state index contributed by atoms with van der Waals surface area (Å²) in [6.45, 7) is 0.346. The minimum atomic E-state index is -6.13. The van der Waals surface area contributed by atoms with Crippen LogP contribution < -0.4 is 26.4 Å². The van der Waals surface area contributed by atoms with Gasteiger partial charge in [0.15, 0.2) is 12.4 Å². The van der Waals surface area contributed by atoms with E-state index in [1.54, 1.807) is 0 Å². The molecule has 0 atom stereocenters. The van der Waals surface area contributed by atoms with Crippen molar-refractivity contribution in [1.29, 1.82) is 0 Å². The lowest BCUT2D eigenvalue weighted by molar-refractivity contribution is -0.683. The number of aromatic nitrogens is 1. The monoisotopic (exact) mass is 1160 g/mol. The van der Waals surface area contributed by atoms with Crippen LogP contribution in [0.1, 0.15) is 54.9 Å². The van der Waals surface area contributed by atoms with Crippen molar-refractivity contribution in [2.24, 2.45) is 0 Å². The van der Waals surface area contributed by atoms with Gasteiger partial charge >= 0.3 is 49.4 Å². The number of alkyl halides is 24. The number of nitrogens with zero attached hydrogens (tertiary/aromatic N) is 1. The molecule has 0 radical (unpaired) electrons. The Morgan fingerprint density at radius 3 is 0.787 bits per heavy atom. The zero-order valence-electron chi connectivity index (χ0n) is 39.2. The zero-order chi connectivity index (χ0) is 59.6. The van der Waals surface area contributed by atoms with Crippen molar-refractivity contribution >= 4 is 55.3 Å². The van der Waals surface area contributed by atoms with Crippen LogP contribution >= 0.6 is 0 Å². The fourth-order valence-corrected chi connectivity index (χ4v) is 9.17. The Labute approximate surface area is 433 Å². The van der Waals surface area contributed by atoms with Gasteiger partial charge in [-0.25, -0.2) is 0 Å². The molecule has 0 spiro atoms. The minimum Gasteiger partial charge on any atom is -0.287 e. The maximum atomic E-state index is 14.2. The van der Waals surface area contributed by atoms with Crippen LogP contribution in [-0.2, 0) is 56.0 Å². The van der Waals surface area contributed by atoms with E-state index >= 15 is 0 Å². The van der Waals surface area contributed by atoms with Gasteiger partial charge in [0.25, 0.3) is 0 Å². The fourth-order valence-electron chi connectivity index (χ4n) is 9.17. The summed E-state index contributed by atoms with van der Waals surface area (Å²) in [5.74, 6) is 0.134. The molecule has 8 rings (SSSR count). The number of pyridine rings is 1. The van der Waals surface area contributed by atoms with Crippen LogP contribution in [0, 0.1) is 0 Å². The van der Waals surface area contributed by atoms with Crippen LogP contribution in [0.15, 0.2) is 158 Å². The summed E-state index contributed by atoms with van der Waals surface area (Å²) in [4.78, 5) is 13.0. The number of ketones is 1. The van der Waals surface area contributed by atoms with E-state index in [2.05, 4.69) is 18.2 Å². The molecule has 7 aromatic carbocycles. The Morgan fingerprint density at radius 1 is 0.312 bits per heavy atom. The molecule has 0 saturated heterocycles. The minimum absolute atomic E-state index is 0.134. The quantitative estimate of drug-likeness (QED) is 0.0512. The van der Waals surface area contributed by atoms with Gasteiger partial charge in [0.05, 0.1) is 44.5 Å². The highest BCUT2D eigenvalue weighted by atomic mass is 19.4. The number of carbonyl (C=O) groups is 1. The Balaban J connectivity index is 0.000000329. The standard InChI is InChI=1S/C32H12BF24.C21H16NO/c34-25(35,36)13-1-14(26(37,38)39)6-21(5-13)33(22-7-15(27(40,41)42)2-16(8-22)28(43,44)45,23-9-17(29(46,47)48)3-18(10-23)30(49,50)51)24-11-19(31(52,53)54)4-20(12-24)32(55,56)57;23-20(15-22-12-6-1-7-13-22)21-18-10-4-2-8-16(18)14-17-9-3-5-11-19(17)21/h1-12H;1-14H,15H2/q-1;+1. The van der Waals surface area contributed by atoms with Crippen LogP contribution in [0.2, 0.25) is 0 Å². The second kappa shape index (κ2) is 20.7. The average Bonchev–Trinajstić information content (AvgIpc) is 3.50. The summed E-state index contributed by atoms with van der Waals surface area (Å²) in [6.07, 6.45) is -51.0. The molecule has 8 aromatic rings. The lowest BCUT2D eigenvalue weighted by Gasteiger charge is -2.46. The van der Waals surface area contributed by atoms with E-state index in [1.165, 1.54) is 0 Å². The highest BCUT2D eigenvalue weighted by Crippen LogP contribution is 2.42. The maximum absolute atomic E-state index is 14.2. The molecule has 1 heterocycles. The fraction of sp³-hybridized carbons (Fsp3) is 0.170. The average molecular weight is 1160 g/mol. The van der Waals surface area contributed by atoms with Gasteiger partial charge < -0.3 is 0 Å². The summed E-state index contributed by atoms with van der Waals surface area (Å²) >= 11 is 0. The maximum Gasteiger partial charge on any atom is 0.416 e. The number of fused-ring (bicyclic) bond motifs is 2. The van der Waals surface area contributed by atoms with E-state index in [1.807, 2.05) is 71.6 Å². The molecule has 80 heavy (non-hydrogen) atoms. The zero-order valence-corrected chi connectivity index (χ0v) is 39.2. The Bertz CT molecular complexity index is 3110. The number of carbonyl (C=O) groups excluding carboxylic acids is 1. The molecule has 2 nitrogen and oxygen atoms in total. The number of hydrogen-bond donors (Lipinski definition) is 0. The molecule has 0 bridgehead atoms. The van der Waals surface area contributed by atoms with Gasteiger partial charge in [-0.3, -0.25) is 4.79 Å². The summed E-state index contributed by atoms with van der Waals surface area (Å²) in [6, 6.07) is 15.4. The van der Waals surface area contributed by atoms with Gasteiger partial charge in [-0.2, -0.15) is 132 Å². The molecule has 0 N–H and O–H groups in total. The lowest BCUT2D eigenvalue weighted by Crippen LogP contribution is -2.75. The first kappa shape index (κ1) is 59.9. The number of hydrogen-bond acceptors (Lipinski definition) is 1. The third-order valence-corrected chi connectivity index (χ3v) is 12.6. The van der Waals surface area contributed by atoms with E-state index < -0.39 is 195 Å². The van der Waals surface area contributed by atoms with Gasteiger partial charge in [-0.15, -0.1) is 0 Å². The normalized spacial score (nSPS) is 13.3. The number of benzene rings is 7. The summed E-state index contributed by atoms with van der Waals surface area (Å²) in [7, 11) is 0. The third kappa shape index (κ3) is 12.8. The van der Waals surface area contributed by atoms with Gasteiger partial charge in [-0.05, 0) is 51.9 Å². The second-order valence-corrected chi connectivity index (χ2v) is 17.9. The number of Topliss-reactive ketones (excluding diaryl/α,β-unsaturated/α-hetero) is 1. The van der Waals surface area contributed by atoms with E-state index in [0.717, 1.165) is 27.1 Å². The van der Waals surface area contributed by atoms with Crippen molar-refractivity contribution in [1.82, 2.24) is 0 Å². The topological polar surface area (TPSA) is 20.9 Å². The van der Waals surface area contributed by atoms with Crippen molar-refractivity contribution in [2.45, 2.75) is 56.0 Å². The molecule has 27 heteroatoms. The molecule has 0 saturated carbocycles. The first-order valence-electron chi connectivity index (χ1n) is 22.3. The number of rotatable bonds is 7. The number of halogens is 24. The van der Waals surface area contributed by atoms with E-state index in [9.17, 15) is 110 Å². The molecule has 422 valence electrons. The van der Waals surface area contributed by atoms with Crippen LogP contribution in [-0.4, -0.2) is 11.9 Å². The SMILES string of the molecule is FC(F)(F)c1cc([B-](c2cc(C(F)(F)F)cc(C(F)(F)F)c2)(c2cc(C(F)(F)F)cc(C(F)(F)F)c2)c2cc(C(F)(F)F)cc(C(F)(F)F)c2)cc(C(F)(F)F)c1.O=C(C[n+]1ccccc1)c1c2ccccc2cc2ccccc12. The summed E-state index contributed by atoms with van der Waals surface area (Å²) < 4.78 is 343. The smallest absolute Gasteiger partial charge is 0.287 e. The van der Waals surface area contributed by atoms with E-state index in [4.69, 9.17) is 0 Å². The van der Waals surface area contributed by atoms with Crippen LogP contribution in [0.5, 0.6) is 0 Å². The Morgan fingerprint density at radius 2 is 0.550 bits per heavy atom. The highest BCUT2D eigenvalue weighted by Gasteiger charge is 2.47. The van der Waals surface area contributed by atoms with Crippen molar-refractivity contribution in [3.8, 4) is 0 Å². The molecular weight excluding hydrogens is 1130 g/mol. The molecule has 1 aromatic heterocycles. The van der Waals surface area contributed by atoms with Crippen molar-refractivity contribution in [2.75, 3.05) is 0 Å². The lowest BCUT2D eigenvalue weighted by atomic mass is 9.12. The largest absolute Gasteiger partial charge is 0.416 e. The van der Waals surface area contributed by atoms with Crippen molar-refractivity contribution in [3.63, 3.8) is 0 Å². The highest BCUT2D eigenvalue weighted by molar-refractivity contribution is 7.20. The molecular formula is C53H28BF24NO. The molecule has 0 aliphatic carbocycles.